The van der Waals surface area contributed by atoms with Crippen LogP contribution in [-0.2, 0) is 0 Å². The Morgan fingerprint density at radius 3 is 2.50 bits per heavy atom. The van der Waals surface area contributed by atoms with Gasteiger partial charge in [0.25, 0.3) is 0 Å². The molecule has 0 unspecified atom stereocenters. The van der Waals surface area contributed by atoms with E-state index in [2.05, 4.69) is 6.07 Å². The molecular weight excluding hydrogens is 278 g/mol. The van der Waals surface area contributed by atoms with Crippen molar-refractivity contribution in [2.45, 2.75) is 6.92 Å². The van der Waals surface area contributed by atoms with Crippen LogP contribution in [0, 0.1) is 18.3 Å². The first-order valence-electron chi connectivity index (χ1n) is 6.75. The smallest absolute Gasteiger partial charge is 0.336 e. The molecule has 0 aliphatic carbocycles. The van der Waals surface area contributed by atoms with E-state index in [0.29, 0.717) is 16.9 Å². The van der Waals surface area contributed by atoms with Crippen molar-refractivity contribution in [3.8, 4) is 22.9 Å². The minimum atomic E-state index is -0.377. The molecule has 0 aliphatic rings. The Kier molecular flexibility index (Phi) is 3.40. The molecule has 0 aliphatic heterocycles. The lowest BCUT2D eigenvalue weighted by molar-refractivity contribution is 0.415. The van der Waals surface area contributed by atoms with Crippen LogP contribution in [0.15, 0.2) is 51.7 Å². The number of hydrogen-bond donors (Lipinski definition) is 0. The van der Waals surface area contributed by atoms with E-state index in [9.17, 15) is 4.79 Å². The third kappa shape index (κ3) is 2.33. The van der Waals surface area contributed by atoms with Crippen molar-refractivity contribution in [2.75, 3.05) is 7.11 Å². The maximum absolute atomic E-state index is 11.5. The summed E-state index contributed by atoms with van der Waals surface area (Å²) in [6, 6.07) is 14.5. The van der Waals surface area contributed by atoms with E-state index in [1.54, 1.807) is 25.3 Å². The predicted molar refractivity (Wildman–Crippen MR) is 83.9 cm³/mol. The second-order valence-corrected chi connectivity index (χ2v) is 4.99. The van der Waals surface area contributed by atoms with Gasteiger partial charge >= 0.3 is 5.63 Å². The molecule has 0 bridgehead atoms. The van der Waals surface area contributed by atoms with Gasteiger partial charge in [-0.2, -0.15) is 5.26 Å². The van der Waals surface area contributed by atoms with Gasteiger partial charge in [-0.15, -0.1) is 0 Å². The fourth-order valence-corrected chi connectivity index (χ4v) is 2.46. The lowest BCUT2D eigenvalue weighted by atomic mass is 10.00. The summed E-state index contributed by atoms with van der Waals surface area (Å²) in [6.07, 6.45) is 0. The van der Waals surface area contributed by atoms with E-state index in [0.717, 1.165) is 22.1 Å². The zero-order chi connectivity index (χ0) is 15.7. The van der Waals surface area contributed by atoms with Crippen LogP contribution < -0.4 is 10.4 Å². The van der Waals surface area contributed by atoms with Gasteiger partial charge in [0.15, 0.2) is 0 Å². The molecule has 0 amide bonds. The molecule has 0 spiro atoms. The standard InChI is InChI=1S/C18H13NO3/c1-11-7-18(20)22-17-9-16(21-2)15(8-14(11)17)13-5-3-12(10-19)4-6-13/h3-9H,1-2H3. The van der Waals surface area contributed by atoms with E-state index in [-0.39, 0.29) is 5.63 Å². The van der Waals surface area contributed by atoms with Crippen molar-refractivity contribution in [3.63, 3.8) is 0 Å². The minimum absolute atomic E-state index is 0.377. The molecule has 108 valence electrons. The van der Waals surface area contributed by atoms with E-state index in [1.807, 2.05) is 25.1 Å². The summed E-state index contributed by atoms with van der Waals surface area (Å²) in [4.78, 5) is 11.5. The van der Waals surface area contributed by atoms with Crippen LogP contribution in [0.2, 0.25) is 0 Å². The highest BCUT2D eigenvalue weighted by Gasteiger charge is 2.11. The monoisotopic (exact) mass is 291 g/mol. The number of methoxy groups -OCH3 is 1. The zero-order valence-corrected chi connectivity index (χ0v) is 12.2. The van der Waals surface area contributed by atoms with E-state index in [4.69, 9.17) is 14.4 Å². The van der Waals surface area contributed by atoms with Crippen molar-refractivity contribution in [3.05, 3.63) is 64.0 Å². The number of fused-ring (bicyclic) bond motifs is 1. The number of benzene rings is 2. The van der Waals surface area contributed by atoms with Gasteiger partial charge in [0, 0.05) is 23.1 Å². The highest BCUT2D eigenvalue weighted by Crippen LogP contribution is 2.34. The van der Waals surface area contributed by atoms with E-state index < -0.39 is 0 Å². The Labute approximate surface area is 127 Å². The van der Waals surface area contributed by atoms with Gasteiger partial charge in [0.05, 0.1) is 18.7 Å². The average Bonchev–Trinajstić information content (AvgIpc) is 2.53. The van der Waals surface area contributed by atoms with Gasteiger partial charge in [-0.05, 0) is 36.2 Å². The van der Waals surface area contributed by atoms with Gasteiger partial charge < -0.3 is 9.15 Å². The number of hydrogen-bond acceptors (Lipinski definition) is 4. The summed E-state index contributed by atoms with van der Waals surface area (Å²) in [5.74, 6) is 0.617. The first-order chi connectivity index (χ1) is 10.6. The quantitative estimate of drug-likeness (QED) is 0.676. The summed E-state index contributed by atoms with van der Waals surface area (Å²) in [7, 11) is 1.57. The van der Waals surface area contributed by atoms with Crippen LogP contribution in [0.1, 0.15) is 11.1 Å². The summed E-state index contributed by atoms with van der Waals surface area (Å²) >= 11 is 0. The molecule has 0 atom stereocenters. The van der Waals surface area contributed by atoms with Crippen LogP contribution in [0.3, 0.4) is 0 Å². The van der Waals surface area contributed by atoms with Gasteiger partial charge in [0.2, 0.25) is 0 Å². The van der Waals surface area contributed by atoms with Crippen molar-refractivity contribution in [1.82, 2.24) is 0 Å². The number of rotatable bonds is 2. The number of ether oxygens (including phenoxy) is 1. The first kappa shape index (κ1) is 13.9. The zero-order valence-electron chi connectivity index (χ0n) is 12.2. The summed E-state index contributed by atoms with van der Waals surface area (Å²) in [5.41, 5.74) is 3.40. The van der Waals surface area contributed by atoms with Crippen molar-refractivity contribution < 1.29 is 9.15 Å². The van der Waals surface area contributed by atoms with Crippen molar-refractivity contribution in [1.29, 1.82) is 5.26 Å². The van der Waals surface area contributed by atoms with Gasteiger partial charge in [-0.1, -0.05) is 12.1 Å². The second kappa shape index (κ2) is 5.38. The first-order valence-corrected chi connectivity index (χ1v) is 6.75. The minimum Gasteiger partial charge on any atom is -0.496 e. The SMILES string of the molecule is COc1cc2oc(=O)cc(C)c2cc1-c1ccc(C#N)cc1. The number of nitriles is 1. The van der Waals surface area contributed by atoms with Crippen molar-refractivity contribution in [2.24, 2.45) is 0 Å². The largest absolute Gasteiger partial charge is 0.496 e. The Morgan fingerprint density at radius 1 is 1.14 bits per heavy atom. The van der Waals surface area contributed by atoms with Crippen LogP contribution in [-0.4, -0.2) is 7.11 Å². The predicted octanol–water partition coefficient (Wildman–Crippen LogP) is 3.65. The number of nitrogens with zero attached hydrogens (tertiary/aromatic N) is 1. The summed E-state index contributed by atoms with van der Waals surface area (Å²) < 4.78 is 10.7. The average molecular weight is 291 g/mol. The molecule has 0 fully saturated rings. The molecule has 2 aromatic carbocycles. The van der Waals surface area contributed by atoms with Crippen LogP contribution >= 0.6 is 0 Å². The second-order valence-electron chi connectivity index (χ2n) is 4.99. The molecule has 0 saturated carbocycles. The maximum Gasteiger partial charge on any atom is 0.336 e. The Morgan fingerprint density at radius 2 is 1.86 bits per heavy atom. The van der Waals surface area contributed by atoms with Gasteiger partial charge in [-0.25, -0.2) is 4.79 Å². The van der Waals surface area contributed by atoms with E-state index >= 15 is 0 Å². The summed E-state index contributed by atoms with van der Waals surface area (Å²) in [6.45, 7) is 1.87. The normalized spacial score (nSPS) is 10.4. The lowest BCUT2D eigenvalue weighted by Gasteiger charge is -2.11. The summed E-state index contributed by atoms with van der Waals surface area (Å²) in [5, 5.41) is 9.75. The Bertz CT molecular complexity index is 947. The topological polar surface area (TPSA) is 63.2 Å². The molecule has 0 saturated heterocycles. The van der Waals surface area contributed by atoms with E-state index in [1.165, 1.54) is 6.07 Å². The highest BCUT2D eigenvalue weighted by molar-refractivity contribution is 5.89. The number of aryl methyl sites for hydroxylation is 1. The Balaban J connectivity index is 2.27. The van der Waals surface area contributed by atoms with Crippen LogP contribution in [0.4, 0.5) is 0 Å². The molecule has 4 nitrogen and oxygen atoms in total. The van der Waals surface area contributed by atoms with Crippen LogP contribution in [0.25, 0.3) is 22.1 Å². The fourth-order valence-electron chi connectivity index (χ4n) is 2.46. The molecular formula is C18H13NO3. The molecule has 1 aromatic heterocycles. The molecule has 0 N–H and O–H groups in total. The molecule has 3 rings (SSSR count). The molecule has 3 aromatic rings. The van der Waals surface area contributed by atoms with Crippen LogP contribution in [0.5, 0.6) is 5.75 Å². The van der Waals surface area contributed by atoms with Gasteiger partial charge in [0.1, 0.15) is 11.3 Å². The maximum atomic E-state index is 11.5. The third-order valence-electron chi connectivity index (χ3n) is 3.60. The third-order valence-corrected chi connectivity index (χ3v) is 3.60. The van der Waals surface area contributed by atoms with Gasteiger partial charge in [-0.3, -0.25) is 0 Å². The fraction of sp³-hybridized carbons (Fsp3) is 0.111. The van der Waals surface area contributed by atoms with Crippen molar-refractivity contribution >= 4 is 11.0 Å². The highest BCUT2D eigenvalue weighted by atomic mass is 16.5. The lowest BCUT2D eigenvalue weighted by Crippen LogP contribution is -1.99. The Hall–Kier alpha value is -3.06. The molecule has 0 radical (unpaired) electrons. The molecule has 22 heavy (non-hydrogen) atoms. The molecule has 4 heteroatoms. The molecule has 1 heterocycles.